The van der Waals surface area contributed by atoms with E-state index in [1.165, 1.54) is 24.3 Å². The molecule has 2 aromatic rings. The van der Waals surface area contributed by atoms with E-state index in [4.69, 9.17) is 5.73 Å². The minimum absolute atomic E-state index is 0.0699. The number of rotatable bonds is 5. The first-order valence-corrected chi connectivity index (χ1v) is 6.93. The molecule has 2 rings (SSSR count). The smallest absolute Gasteiger partial charge is 0.123 e. The Hall–Kier alpha value is -1.78. The highest BCUT2D eigenvalue weighted by molar-refractivity contribution is 5.21. The van der Waals surface area contributed by atoms with E-state index in [1.54, 1.807) is 24.3 Å². The molecule has 0 aromatic heterocycles. The minimum atomic E-state index is -0.265. The van der Waals surface area contributed by atoms with Crippen molar-refractivity contribution < 1.29 is 8.78 Å². The summed E-state index contributed by atoms with van der Waals surface area (Å²) in [6.45, 7) is 2.70. The third kappa shape index (κ3) is 4.09. The quantitative estimate of drug-likeness (QED) is 0.913. The second-order valence-corrected chi connectivity index (χ2v) is 5.36. The number of hydrogen-bond acceptors (Lipinski definition) is 2. The van der Waals surface area contributed by atoms with Crippen molar-refractivity contribution in [2.45, 2.75) is 25.6 Å². The summed E-state index contributed by atoms with van der Waals surface area (Å²) in [7, 11) is 1.97. The van der Waals surface area contributed by atoms with Gasteiger partial charge in [-0.2, -0.15) is 0 Å². The highest BCUT2D eigenvalue weighted by atomic mass is 19.1. The summed E-state index contributed by atoms with van der Waals surface area (Å²) in [5.41, 5.74) is 8.17. The van der Waals surface area contributed by atoms with Crippen molar-refractivity contribution in [3.05, 3.63) is 71.3 Å². The number of nitrogens with two attached hydrogens (primary N) is 1. The van der Waals surface area contributed by atoms with Crippen LogP contribution < -0.4 is 5.73 Å². The molecule has 2 N–H and O–H groups in total. The lowest BCUT2D eigenvalue weighted by Crippen LogP contribution is -2.37. The van der Waals surface area contributed by atoms with Crippen LogP contribution in [0.4, 0.5) is 8.78 Å². The topological polar surface area (TPSA) is 29.3 Å². The standard InChI is InChI=1S/C17H20F2N2/c1-12(17(20)14-5-9-16(19)10-6-14)21(2)11-13-3-7-15(18)8-4-13/h3-10,12,17H,11,20H2,1-2H3. The average Bonchev–Trinajstić information content (AvgIpc) is 2.49. The molecule has 21 heavy (non-hydrogen) atoms. The van der Waals surface area contributed by atoms with Crippen molar-refractivity contribution in [1.82, 2.24) is 4.90 Å². The second-order valence-electron chi connectivity index (χ2n) is 5.36. The van der Waals surface area contributed by atoms with Gasteiger partial charge < -0.3 is 5.73 Å². The third-order valence-electron chi connectivity index (χ3n) is 3.82. The van der Waals surface area contributed by atoms with E-state index in [9.17, 15) is 8.78 Å². The second kappa shape index (κ2) is 6.78. The molecule has 0 amide bonds. The van der Waals surface area contributed by atoms with Gasteiger partial charge in [-0.1, -0.05) is 24.3 Å². The van der Waals surface area contributed by atoms with Crippen molar-refractivity contribution in [3.8, 4) is 0 Å². The summed E-state index contributed by atoms with van der Waals surface area (Å²) in [5.74, 6) is -0.504. The predicted octanol–water partition coefficient (Wildman–Crippen LogP) is 3.49. The summed E-state index contributed by atoms with van der Waals surface area (Å²) in [6, 6.07) is 12.6. The van der Waals surface area contributed by atoms with Gasteiger partial charge in [0, 0.05) is 18.6 Å². The van der Waals surface area contributed by atoms with Crippen LogP contribution in [0.3, 0.4) is 0 Å². The molecular formula is C17H20F2N2. The zero-order valence-corrected chi connectivity index (χ0v) is 12.3. The Morgan fingerprint density at radius 1 is 0.952 bits per heavy atom. The molecule has 0 aliphatic carbocycles. The molecule has 2 nitrogen and oxygen atoms in total. The molecule has 2 unspecified atom stereocenters. The van der Waals surface area contributed by atoms with Gasteiger partial charge in [-0.15, -0.1) is 0 Å². The lowest BCUT2D eigenvalue weighted by atomic mass is 10.00. The molecule has 0 fully saturated rings. The Kier molecular flexibility index (Phi) is 5.04. The van der Waals surface area contributed by atoms with Crippen molar-refractivity contribution >= 4 is 0 Å². The highest BCUT2D eigenvalue weighted by Crippen LogP contribution is 2.19. The first kappa shape index (κ1) is 15.6. The van der Waals surface area contributed by atoms with Crippen LogP contribution in [0.25, 0.3) is 0 Å². The van der Waals surface area contributed by atoms with Crippen LogP contribution in [0.15, 0.2) is 48.5 Å². The molecule has 4 heteroatoms. The largest absolute Gasteiger partial charge is 0.323 e. The Labute approximate surface area is 124 Å². The molecule has 112 valence electrons. The molecule has 0 radical (unpaired) electrons. The van der Waals surface area contributed by atoms with Crippen molar-refractivity contribution in [2.75, 3.05) is 7.05 Å². The predicted molar refractivity (Wildman–Crippen MR) is 80.7 cm³/mol. The molecule has 0 aliphatic rings. The molecule has 0 heterocycles. The van der Waals surface area contributed by atoms with Gasteiger partial charge in [-0.25, -0.2) is 8.78 Å². The monoisotopic (exact) mass is 290 g/mol. The summed E-state index contributed by atoms with van der Waals surface area (Å²) in [5, 5.41) is 0. The van der Waals surface area contributed by atoms with Gasteiger partial charge in [0.25, 0.3) is 0 Å². The summed E-state index contributed by atoms with van der Waals surface area (Å²) < 4.78 is 25.8. The van der Waals surface area contributed by atoms with Gasteiger partial charge in [-0.3, -0.25) is 4.90 Å². The lowest BCUT2D eigenvalue weighted by molar-refractivity contribution is 0.219. The van der Waals surface area contributed by atoms with Crippen LogP contribution in [-0.2, 0) is 6.54 Å². The maximum atomic E-state index is 12.9. The Bertz CT molecular complexity index is 566. The van der Waals surface area contributed by atoms with E-state index >= 15 is 0 Å². The minimum Gasteiger partial charge on any atom is -0.323 e. The van der Waals surface area contributed by atoms with Crippen molar-refractivity contribution in [1.29, 1.82) is 0 Å². The fraction of sp³-hybridized carbons (Fsp3) is 0.294. The Balaban J connectivity index is 2.02. The van der Waals surface area contributed by atoms with Crippen molar-refractivity contribution in [3.63, 3.8) is 0 Å². The van der Waals surface area contributed by atoms with Gasteiger partial charge >= 0.3 is 0 Å². The molecule has 0 bridgehead atoms. The van der Waals surface area contributed by atoms with E-state index in [1.807, 2.05) is 14.0 Å². The fourth-order valence-electron chi connectivity index (χ4n) is 2.26. The molecule has 0 saturated carbocycles. The summed E-state index contributed by atoms with van der Waals surface area (Å²) >= 11 is 0. The van der Waals surface area contributed by atoms with Gasteiger partial charge in [-0.05, 0) is 49.4 Å². The molecule has 0 saturated heterocycles. The first-order valence-electron chi connectivity index (χ1n) is 6.93. The summed E-state index contributed by atoms with van der Waals surface area (Å²) in [6.07, 6.45) is 0. The Morgan fingerprint density at radius 3 is 1.95 bits per heavy atom. The van der Waals surface area contributed by atoms with E-state index in [2.05, 4.69) is 4.90 Å². The van der Waals surface area contributed by atoms with Crippen LogP contribution in [0.1, 0.15) is 24.1 Å². The molecule has 0 spiro atoms. The maximum absolute atomic E-state index is 12.9. The van der Waals surface area contributed by atoms with E-state index in [0.717, 1.165) is 11.1 Å². The zero-order chi connectivity index (χ0) is 15.4. The van der Waals surface area contributed by atoms with E-state index in [0.29, 0.717) is 6.54 Å². The maximum Gasteiger partial charge on any atom is 0.123 e. The van der Waals surface area contributed by atoms with Crippen molar-refractivity contribution in [2.24, 2.45) is 5.73 Å². The molecule has 0 aliphatic heterocycles. The van der Waals surface area contributed by atoms with Crippen LogP contribution in [0, 0.1) is 11.6 Å². The SMILES string of the molecule is CC(C(N)c1ccc(F)cc1)N(C)Cc1ccc(F)cc1. The van der Waals surface area contributed by atoms with Gasteiger partial charge in [0.1, 0.15) is 11.6 Å². The van der Waals surface area contributed by atoms with E-state index < -0.39 is 0 Å². The highest BCUT2D eigenvalue weighted by Gasteiger charge is 2.19. The van der Waals surface area contributed by atoms with Gasteiger partial charge in [0.05, 0.1) is 0 Å². The number of benzene rings is 2. The lowest BCUT2D eigenvalue weighted by Gasteiger charge is -2.30. The zero-order valence-electron chi connectivity index (χ0n) is 12.3. The number of hydrogen-bond donors (Lipinski definition) is 1. The first-order chi connectivity index (χ1) is 9.97. The molecule has 2 atom stereocenters. The molecule has 2 aromatic carbocycles. The number of likely N-dealkylation sites (N-methyl/N-ethyl adjacent to an activating group) is 1. The van der Waals surface area contributed by atoms with Crippen LogP contribution in [0.5, 0.6) is 0 Å². The number of nitrogens with zero attached hydrogens (tertiary/aromatic N) is 1. The van der Waals surface area contributed by atoms with Crippen LogP contribution in [-0.4, -0.2) is 18.0 Å². The average molecular weight is 290 g/mol. The third-order valence-corrected chi connectivity index (χ3v) is 3.82. The number of halogens is 2. The van der Waals surface area contributed by atoms with Crippen LogP contribution >= 0.6 is 0 Å². The van der Waals surface area contributed by atoms with Gasteiger partial charge in [0.15, 0.2) is 0 Å². The molecular weight excluding hydrogens is 270 g/mol. The summed E-state index contributed by atoms with van der Waals surface area (Å²) in [4.78, 5) is 2.10. The fourth-order valence-corrected chi connectivity index (χ4v) is 2.26. The van der Waals surface area contributed by atoms with E-state index in [-0.39, 0.29) is 23.7 Å². The Morgan fingerprint density at radius 2 is 1.43 bits per heavy atom. The normalized spacial score (nSPS) is 14.2. The van der Waals surface area contributed by atoms with Gasteiger partial charge in [0.2, 0.25) is 0 Å². The van der Waals surface area contributed by atoms with Crippen LogP contribution in [0.2, 0.25) is 0 Å².